The first-order valence-corrected chi connectivity index (χ1v) is 8.53. The van der Waals surface area contributed by atoms with E-state index in [1.165, 1.54) is 20.6 Å². The fourth-order valence-corrected chi connectivity index (χ4v) is 3.65. The Morgan fingerprint density at radius 2 is 1.86 bits per heavy atom. The van der Waals surface area contributed by atoms with Crippen LogP contribution in [0.25, 0.3) is 5.57 Å². The smallest absolute Gasteiger partial charge is 0.147 e. The van der Waals surface area contributed by atoms with Crippen molar-refractivity contribution < 1.29 is 22.9 Å². The second-order valence-corrected chi connectivity index (χ2v) is 7.23. The van der Waals surface area contributed by atoms with Crippen LogP contribution < -0.4 is 3.87 Å². The van der Waals surface area contributed by atoms with Crippen molar-refractivity contribution in [3.63, 3.8) is 0 Å². The normalized spacial score (nSPS) is 13.4. The van der Waals surface area contributed by atoms with Crippen LogP contribution >= 0.6 is 24.8 Å². The van der Waals surface area contributed by atoms with Gasteiger partial charge in [0.25, 0.3) is 0 Å². The number of rotatable bonds is 6. The van der Waals surface area contributed by atoms with Gasteiger partial charge in [0, 0.05) is 0 Å². The minimum absolute atomic E-state index is 0. The van der Waals surface area contributed by atoms with Gasteiger partial charge < -0.3 is 0 Å². The minimum Gasteiger partial charge on any atom is -0.147 e. The largest absolute Gasteiger partial charge is 0.147 e. The minimum atomic E-state index is -0.502. The van der Waals surface area contributed by atoms with Gasteiger partial charge in [-0.15, -0.1) is 24.8 Å². The Balaban J connectivity index is 0.00000220. The fraction of sp³-hybridized carbons (Fsp3) is 0.412. The summed E-state index contributed by atoms with van der Waals surface area (Å²) in [6.45, 7) is 5.24. The molecular weight excluding hydrogens is 353 g/mol. The maximum absolute atomic E-state index is 5.89. The van der Waals surface area contributed by atoms with Gasteiger partial charge in [0.05, 0.1) is 0 Å². The third kappa shape index (κ3) is 6.58. The van der Waals surface area contributed by atoms with Crippen molar-refractivity contribution in [2.24, 2.45) is 0 Å². The van der Waals surface area contributed by atoms with Crippen molar-refractivity contribution >= 4 is 34.3 Å². The molecule has 122 valence electrons. The van der Waals surface area contributed by atoms with E-state index in [-0.39, 0.29) is 24.8 Å². The van der Waals surface area contributed by atoms with Crippen molar-refractivity contribution in [3.8, 4) is 0 Å². The van der Waals surface area contributed by atoms with Crippen molar-refractivity contribution in [2.75, 3.05) is 20.6 Å². The molecule has 0 saturated carbocycles. The zero-order valence-electron chi connectivity index (χ0n) is 13.6. The van der Waals surface area contributed by atoms with Gasteiger partial charge in [-0.05, 0) is 0 Å². The monoisotopic (exact) mass is 377 g/mol. The Hall–Kier alpha value is -0.0857. The molecule has 0 aromatic heterocycles. The fourth-order valence-electron chi connectivity index (χ4n) is 2.28. The second-order valence-electron chi connectivity index (χ2n) is 5.70. The number of hydrogen-bond donors (Lipinski definition) is 0. The molecule has 0 amide bonds. The molecule has 0 saturated heterocycles. The molecule has 1 aliphatic carbocycles. The van der Waals surface area contributed by atoms with Crippen LogP contribution in [0.4, 0.5) is 0 Å². The Kier molecular flexibility index (Phi) is 10.6. The number of benzene rings is 1. The first-order chi connectivity index (χ1) is 9.56. The maximum Gasteiger partial charge on any atom is -0.147 e. The molecule has 0 atom stereocenters. The summed E-state index contributed by atoms with van der Waals surface area (Å²) in [6, 6.07) is 8.71. The molecular formula is C17H25Cl2NOTi. The number of hydrogen-bond acceptors (Lipinski definition) is 2. The van der Waals surface area contributed by atoms with Crippen LogP contribution in [0.15, 0.2) is 42.0 Å². The maximum atomic E-state index is 5.89. The van der Waals surface area contributed by atoms with E-state index in [1.54, 1.807) is 0 Å². The SMILES string of the molecule is CC(C)[O][Ti][c]1ccccc1C1=CC(CN(C)C)=CC1.Cl.Cl. The molecule has 1 aromatic carbocycles. The number of allylic oxidation sites excluding steroid dienone is 2. The van der Waals surface area contributed by atoms with Crippen LogP contribution in [-0.4, -0.2) is 31.6 Å². The molecule has 0 N–H and O–H groups in total. The van der Waals surface area contributed by atoms with Crippen LogP contribution in [0.2, 0.25) is 0 Å². The van der Waals surface area contributed by atoms with E-state index in [4.69, 9.17) is 3.32 Å². The van der Waals surface area contributed by atoms with Gasteiger partial charge in [0.1, 0.15) is 0 Å². The van der Waals surface area contributed by atoms with E-state index in [0.717, 1.165) is 13.0 Å². The third-order valence-corrected chi connectivity index (χ3v) is 5.06. The van der Waals surface area contributed by atoms with E-state index in [0.29, 0.717) is 6.10 Å². The first kappa shape index (κ1) is 21.9. The summed E-state index contributed by atoms with van der Waals surface area (Å²) in [5.41, 5.74) is 4.25. The molecule has 0 unspecified atom stereocenters. The first-order valence-electron chi connectivity index (χ1n) is 7.11. The molecule has 0 bridgehead atoms. The molecule has 0 spiro atoms. The molecule has 1 aromatic rings. The molecule has 22 heavy (non-hydrogen) atoms. The molecule has 5 heteroatoms. The zero-order valence-corrected chi connectivity index (χ0v) is 16.8. The van der Waals surface area contributed by atoms with Gasteiger partial charge >= 0.3 is 132 Å². The average molecular weight is 378 g/mol. The van der Waals surface area contributed by atoms with Gasteiger partial charge in [-0.1, -0.05) is 0 Å². The Bertz CT molecular complexity index is 527. The number of likely N-dealkylation sites (N-methyl/N-ethyl adjacent to an activating group) is 1. The second kappa shape index (κ2) is 10.6. The van der Waals surface area contributed by atoms with Crippen molar-refractivity contribution in [2.45, 2.75) is 26.4 Å². The van der Waals surface area contributed by atoms with E-state index >= 15 is 0 Å². The summed E-state index contributed by atoms with van der Waals surface area (Å²) < 4.78 is 7.30. The summed E-state index contributed by atoms with van der Waals surface area (Å²) in [5.74, 6) is 0. The van der Waals surface area contributed by atoms with Gasteiger partial charge in [0.15, 0.2) is 0 Å². The van der Waals surface area contributed by atoms with E-state index in [1.807, 2.05) is 0 Å². The van der Waals surface area contributed by atoms with Crippen LogP contribution in [0, 0.1) is 0 Å². The summed E-state index contributed by atoms with van der Waals surface area (Å²) in [6.07, 6.45) is 6.06. The van der Waals surface area contributed by atoms with Crippen LogP contribution in [0.1, 0.15) is 25.8 Å². The van der Waals surface area contributed by atoms with Crippen molar-refractivity contribution in [1.29, 1.82) is 0 Å². The molecule has 0 heterocycles. The number of halogens is 2. The molecule has 0 fully saturated rings. The average Bonchev–Trinajstić information content (AvgIpc) is 2.84. The topological polar surface area (TPSA) is 12.5 Å². The summed E-state index contributed by atoms with van der Waals surface area (Å²) >= 11 is -0.502. The Labute approximate surface area is 156 Å². The summed E-state index contributed by atoms with van der Waals surface area (Å²) in [5, 5.41) is 0. The zero-order chi connectivity index (χ0) is 14.5. The summed E-state index contributed by atoms with van der Waals surface area (Å²) in [7, 11) is 4.23. The standard InChI is InChI=1S/C14H16N.C3H7O.2ClH.Ti/c1-15(2)11-12-8-9-14(10-12)13-6-4-3-5-7-13;1-3(2)4;;;/h3-6,8,10H,9,11H2,1-2H3;3H,1-2H3;2*1H;/q;-1;;;+1. The quantitative estimate of drug-likeness (QED) is 0.698. The predicted molar refractivity (Wildman–Crippen MR) is 96.0 cm³/mol. The summed E-state index contributed by atoms with van der Waals surface area (Å²) in [4.78, 5) is 2.22. The van der Waals surface area contributed by atoms with E-state index < -0.39 is 19.5 Å². The van der Waals surface area contributed by atoms with E-state index in [9.17, 15) is 0 Å². The van der Waals surface area contributed by atoms with Gasteiger partial charge in [-0.2, -0.15) is 0 Å². The van der Waals surface area contributed by atoms with Gasteiger partial charge in [0.2, 0.25) is 0 Å². The van der Waals surface area contributed by atoms with Gasteiger partial charge in [-0.3, -0.25) is 0 Å². The molecule has 2 rings (SSSR count). The van der Waals surface area contributed by atoms with Crippen molar-refractivity contribution in [1.82, 2.24) is 4.90 Å². The van der Waals surface area contributed by atoms with Crippen molar-refractivity contribution in [3.05, 3.63) is 47.6 Å². The Morgan fingerprint density at radius 1 is 1.18 bits per heavy atom. The third-order valence-electron chi connectivity index (χ3n) is 3.12. The molecule has 2 nitrogen and oxygen atoms in total. The predicted octanol–water partition coefficient (Wildman–Crippen LogP) is 3.85. The van der Waals surface area contributed by atoms with Crippen LogP contribution in [-0.2, 0) is 22.9 Å². The van der Waals surface area contributed by atoms with Crippen LogP contribution in [0.3, 0.4) is 0 Å². The molecule has 0 aliphatic heterocycles. The van der Waals surface area contributed by atoms with Crippen LogP contribution in [0.5, 0.6) is 0 Å². The Morgan fingerprint density at radius 3 is 2.50 bits per heavy atom. The van der Waals surface area contributed by atoms with E-state index in [2.05, 4.69) is 69.3 Å². The number of nitrogens with zero attached hydrogens (tertiary/aromatic N) is 1. The molecule has 0 radical (unpaired) electrons. The molecule has 1 aliphatic rings. The van der Waals surface area contributed by atoms with Gasteiger partial charge in [-0.25, -0.2) is 0 Å².